The lowest BCUT2D eigenvalue weighted by Crippen LogP contribution is -2.14. The van der Waals surface area contributed by atoms with Crippen molar-refractivity contribution >= 4 is 17.7 Å². The molecule has 1 amide bonds. The Morgan fingerprint density at radius 1 is 1.37 bits per heavy atom. The smallest absolute Gasteiger partial charge is 0.358 e. The van der Waals surface area contributed by atoms with Gasteiger partial charge in [0.2, 0.25) is 5.91 Å². The molecule has 2 N–H and O–H groups in total. The van der Waals surface area contributed by atoms with Crippen LogP contribution in [0.25, 0.3) is 5.69 Å². The van der Waals surface area contributed by atoms with E-state index in [-0.39, 0.29) is 17.2 Å². The molecule has 2 rings (SSSR count). The number of carboxylic acids is 1. The number of hydrogen-bond acceptors (Lipinski definition) is 3. The highest BCUT2D eigenvalue weighted by molar-refractivity contribution is 5.97. The molecule has 0 saturated carbocycles. The Morgan fingerprint density at radius 2 is 2.05 bits per heavy atom. The Balaban J connectivity index is 2.61. The molecule has 2 aromatic rings. The summed E-state index contributed by atoms with van der Waals surface area (Å²) in [5.41, 5.74) is -0.246. The van der Waals surface area contributed by atoms with Crippen molar-refractivity contribution in [3.05, 3.63) is 42.1 Å². The normalized spacial score (nSPS) is 10.2. The molecule has 0 saturated heterocycles. The fourth-order valence-corrected chi connectivity index (χ4v) is 1.62. The van der Waals surface area contributed by atoms with Gasteiger partial charge in [0.15, 0.2) is 11.5 Å². The number of imidazole rings is 1. The summed E-state index contributed by atoms with van der Waals surface area (Å²) < 4.78 is 14.9. The second-order valence-electron chi connectivity index (χ2n) is 3.75. The van der Waals surface area contributed by atoms with Crippen LogP contribution in [0.2, 0.25) is 0 Å². The molecule has 0 spiro atoms. The number of nitrogens with zero attached hydrogens (tertiary/aromatic N) is 2. The third-order valence-corrected chi connectivity index (χ3v) is 2.38. The zero-order valence-corrected chi connectivity index (χ0v) is 9.92. The monoisotopic (exact) mass is 263 g/mol. The average Bonchev–Trinajstić information content (AvgIpc) is 2.72. The number of amides is 1. The van der Waals surface area contributed by atoms with Crippen LogP contribution >= 0.6 is 0 Å². The first-order valence-corrected chi connectivity index (χ1v) is 5.34. The lowest BCUT2D eigenvalue weighted by Gasteiger charge is -2.09. The van der Waals surface area contributed by atoms with Gasteiger partial charge in [0.1, 0.15) is 12.1 Å². The number of aromatic carboxylic acids is 1. The highest BCUT2D eigenvalue weighted by Crippen LogP contribution is 2.22. The fourth-order valence-electron chi connectivity index (χ4n) is 1.62. The van der Waals surface area contributed by atoms with Gasteiger partial charge in [-0.1, -0.05) is 12.1 Å². The van der Waals surface area contributed by atoms with Crippen molar-refractivity contribution in [3.63, 3.8) is 0 Å². The van der Waals surface area contributed by atoms with Crippen molar-refractivity contribution in [2.45, 2.75) is 6.92 Å². The molecule has 0 unspecified atom stereocenters. The SMILES string of the molecule is CC(=O)Nc1c(C(=O)O)ncn1-c1ccccc1F. The van der Waals surface area contributed by atoms with Crippen molar-refractivity contribution in [2.24, 2.45) is 0 Å². The van der Waals surface area contributed by atoms with Gasteiger partial charge in [-0.15, -0.1) is 0 Å². The largest absolute Gasteiger partial charge is 0.476 e. The molecular formula is C12H10FN3O3. The zero-order valence-electron chi connectivity index (χ0n) is 9.92. The first-order chi connectivity index (χ1) is 9.00. The Morgan fingerprint density at radius 3 is 2.63 bits per heavy atom. The average molecular weight is 263 g/mol. The van der Waals surface area contributed by atoms with Crippen molar-refractivity contribution in [2.75, 3.05) is 5.32 Å². The van der Waals surface area contributed by atoms with E-state index in [1.165, 1.54) is 29.7 Å². The molecule has 0 aliphatic rings. The van der Waals surface area contributed by atoms with E-state index >= 15 is 0 Å². The molecule has 0 radical (unpaired) electrons. The summed E-state index contributed by atoms with van der Waals surface area (Å²) in [5.74, 6) is -2.41. The van der Waals surface area contributed by atoms with Crippen LogP contribution in [0.15, 0.2) is 30.6 Å². The number of carbonyl (C=O) groups excluding carboxylic acids is 1. The number of benzene rings is 1. The Labute approximate surface area is 107 Å². The van der Waals surface area contributed by atoms with E-state index in [9.17, 15) is 14.0 Å². The highest BCUT2D eigenvalue weighted by Gasteiger charge is 2.20. The first kappa shape index (κ1) is 12.7. The molecule has 0 aliphatic heterocycles. The lowest BCUT2D eigenvalue weighted by molar-refractivity contribution is -0.114. The molecule has 0 atom stereocenters. The summed E-state index contributed by atoms with van der Waals surface area (Å²) in [6, 6.07) is 5.78. The number of aromatic nitrogens is 2. The number of para-hydroxylation sites is 1. The van der Waals surface area contributed by atoms with Crippen LogP contribution in [0.5, 0.6) is 0 Å². The molecule has 6 nitrogen and oxygen atoms in total. The van der Waals surface area contributed by atoms with E-state index < -0.39 is 17.7 Å². The minimum Gasteiger partial charge on any atom is -0.476 e. The van der Waals surface area contributed by atoms with Crippen LogP contribution in [0.1, 0.15) is 17.4 Å². The zero-order chi connectivity index (χ0) is 14.0. The van der Waals surface area contributed by atoms with E-state index in [1.807, 2.05) is 0 Å². The number of nitrogens with one attached hydrogen (secondary N) is 1. The van der Waals surface area contributed by atoms with Gasteiger partial charge < -0.3 is 10.4 Å². The standard InChI is InChI=1S/C12H10FN3O3/c1-7(17)15-11-10(12(18)19)14-6-16(11)9-5-3-2-4-8(9)13/h2-6H,1H3,(H,15,17)(H,18,19). The fraction of sp³-hybridized carbons (Fsp3) is 0.0833. The van der Waals surface area contributed by atoms with Crippen LogP contribution in [-0.4, -0.2) is 26.5 Å². The van der Waals surface area contributed by atoms with Gasteiger partial charge in [-0.3, -0.25) is 9.36 Å². The molecule has 7 heteroatoms. The second-order valence-corrected chi connectivity index (χ2v) is 3.75. The summed E-state index contributed by atoms with van der Waals surface area (Å²) in [6.45, 7) is 1.23. The Kier molecular flexibility index (Phi) is 3.28. The van der Waals surface area contributed by atoms with Gasteiger partial charge in [0.05, 0.1) is 5.69 Å². The van der Waals surface area contributed by atoms with Crippen LogP contribution in [0, 0.1) is 5.82 Å². The molecule has 1 aromatic carbocycles. The van der Waals surface area contributed by atoms with Crippen LogP contribution in [0.3, 0.4) is 0 Å². The van der Waals surface area contributed by atoms with Crippen LogP contribution in [0.4, 0.5) is 10.2 Å². The number of anilines is 1. The minimum atomic E-state index is -1.31. The van der Waals surface area contributed by atoms with Crippen molar-refractivity contribution in [1.82, 2.24) is 9.55 Å². The number of carbonyl (C=O) groups is 2. The summed E-state index contributed by atoms with van der Waals surface area (Å²) in [6.07, 6.45) is 1.15. The summed E-state index contributed by atoms with van der Waals surface area (Å²) in [4.78, 5) is 25.8. The molecule has 1 heterocycles. The maximum atomic E-state index is 13.7. The van der Waals surface area contributed by atoms with Gasteiger partial charge in [0, 0.05) is 6.92 Å². The van der Waals surface area contributed by atoms with E-state index in [0.717, 1.165) is 6.33 Å². The molecule has 98 valence electrons. The highest BCUT2D eigenvalue weighted by atomic mass is 19.1. The van der Waals surface area contributed by atoms with E-state index in [0.29, 0.717) is 0 Å². The van der Waals surface area contributed by atoms with Crippen LogP contribution < -0.4 is 5.32 Å². The van der Waals surface area contributed by atoms with E-state index in [1.54, 1.807) is 6.07 Å². The van der Waals surface area contributed by atoms with E-state index in [2.05, 4.69) is 10.3 Å². The third-order valence-electron chi connectivity index (χ3n) is 2.38. The maximum absolute atomic E-state index is 13.7. The van der Waals surface area contributed by atoms with Gasteiger partial charge in [-0.05, 0) is 12.1 Å². The third kappa shape index (κ3) is 2.44. The molecule has 1 aromatic heterocycles. The Bertz CT molecular complexity index is 651. The molecule has 0 aliphatic carbocycles. The quantitative estimate of drug-likeness (QED) is 0.882. The van der Waals surface area contributed by atoms with Crippen molar-refractivity contribution in [3.8, 4) is 5.69 Å². The predicted molar refractivity (Wildman–Crippen MR) is 64.8 cm³/mol. The Hall–Kier alpha value is -2.70. The molecule has 0 fully saturated rings. The predicted octanol–water partition coefficient (Wildman–Crippen LogP) is 1.67. The van der Waals surface area contributed by atoms with Crippen LogP contribution in [-0.2, 0) is 4.79 Å². The first-order valence-electron chi connectivity index (χ1n) is 5.34. The van der Waals surface area contributed by atoms with E-state index in [4.69, 9.17) is 5.11 Å². The molecular weight excluding hydrogens is 253 g/mol. The summed E-state index contributed by atoms with van der Waals surface area (Å²) >= 11 is 0. The second kappa shape index (κ2) is 4.89. The van der Waals surface area contributed by atoms with Crippen molar-refractivity contribution in [1.29, 1.82) is 0 Å². The minimum absolute atomic E-state index is 0.0786. The number of hydrogen-bond donors (Lipinski definition) is 2. The number of rotatable bonds is 3. The van der Waals surface area contributed by atoms with Gasteiger partial charge >= 0.3 is 5.97 Å². The van der Waals surface area contributed by atoms with Gasteiger partial charge in [-0.25, -0.2) is 14.2 Å². The lowest BCUT2D eigenvalue weighted by atomic mass is 10.3. The number of carboxylic acid groups (broad SMARTS) is 1. The summed E-state index contributed by atoms with van der Waals surface area (Å²) in [5, 5.41) is 11.3. The van der Waals surface area contributed by atoms with Gasteiger partial charge in [-0.2, -0.15) is 0 Å². The number of halogens is 1. The van der Waals surface area contributed by atoms with Crippen molar-refractivity contribution < 1.29 is 19.1 Å². The molecule has 0 bridgehead atoms. The summed E-state index contributed by atoms with van der Waals surface area (Å²) in [7, 11) is 0. The molecule has 19 heavy (non-hydrogen) atoms. The topological polar surface area (TPSA) is 84.2 Å². The van der Waals surface area contributed by atoms with Gasteiger partial charge in [0.25, 0.3) is 0 Å². The maximum Gasteiger partial charge on any atom is 0.358 e.